The normalized spacial score (nSPS) is 15.1. The minimum Gasteiger partial charge on any atom is -0.373 e. The van der Waals surface area contributed by atoms with Crippen LogP contribution in [0.25, 0.3) is 10.8 Å². The van der Waals surface area contributed by atoms with Crippen LogP contribution >= 0.6 is 0 Å². The summed E-state index contributed by atoms with van der Waals surface area (Å²) in [6, 6.07) is 7.60. The Hall–Kier alpha value is -3.72. The highest BCUT2D eigenvalue weighted by Crippen LogP contribution is 2.31. The van der Waals surface area contributed by atoms with Crippen LogP contribution in [0.3, 0.4) is 0 Å². The van der Waals surface area contributed by atoms with Gasteiger partial charge in [0.1, 0.15) is 11.6 Å². The zero-order valence-corrected chi connectivity index (χ0v) is 17.3. The molecule has 0 spiro atoms. The minimum atomic E-state index is 0.0166. The van der Waals surface area contributed by atoms with Crippen molar-refractivity contribution in [3.8, 4) is 11.8 Å². The molecule has 5 rings (SSSR count). The van der Waals surface area contributed by atoms with Gasteiger partial charge in [0.05, 0.1) is 5.56 Å². The van der Waals surface area contributed by atoms with Gasteiger partial charge in [-0.15, -0.1) is 0 Å². The van der Waals surface area contributed by atoms with Gasteiger partial charge in [-0.1, -0.05) is 24.0 Å². The molecule has 0 radical (unpaired) electrons. The molecule has 6 nitrogen and oxygen atoms in total. The van der Waals surface area contributed by atoms with Crippen molar-refractivity contribution in [2.24, 2.45) is 5.92 Å². The SMILES string of the molecule is CNc1ncc(C#Cc2cccc3c2CCCC3=O)c2cc(NC(=O)C3CC3)ncc12. The van der Waals surface area contributed by atoms with Crippen molar-refractivity contribution in [2.75, 3.05) is 17.7 Å². The highest BCUT2D eigenvalue weighted by molar-refractivity contribution is 6.00. The van der Waals surface area contributed by atoms with E-state index in [1.807, 2.05) is 31.3 Å². The third-order valence-corrected chi connectivity index (χ3v) is 5.85. The van der Waals surface area contributed by atoms with Gasteiger partial charge >= 0.3 is 0 Å². The summed E-state index contributed by atoms with van der Waals surface area (Å²) >= 11 is 0. The van der Waals surface area contributed by atoms with E-state index in [0.29, 0.717) is 18.1 Å². The Bertz CT molecular complexity index is 1280. The van der Waals surface area contributed by atoms with E-state index in [-0.39, 0.29) is 17.6 Å². The predicted octanol–water partition coefficient (Wildman–Crippen LogP) is 3.94. The molecule has 1 fully saturated rings. The first-order valence-corrected chi connectivity index (χ1v) is 10.6. The molecule has 2 aliphatic carbocycles. The van der Waals surface area contributed by atoms with Crippen LogP contribution < -0.4 is 10.6 Å². The van der Waals surface area contributed by atoms with Gasteiger partial charge < -0.3 is 10.6 Å². The second-order valence-electron chi connectivity index (χ2n) is 8.01. The van der Waals surface area contributed by atoms with Gasteiger partial charge in [0.25, 0.3) is 0 Å². The van der Waals surface area contributed by atoms with Crippen LogP contribution in [0, 0.1) is 17.8 Å². The van der Waals surface area contributed by atoms with Crippen LogP contribution in [0.4, 0.5) is 11.6 Å². The lowest BCUT2D eigenvalue weighted by Gasteiger charge is -2.15. The van der Waals surface area contributed by atoms with Gasteiger partial charge in [-0.3, -0.25) is 9.59 Å². The monoisotopic (exact) mass is 410 g/mol. The third-order valence-electron chi connectivity index (χ3n) is 5.85. The van der Waals surface area contributed by atoms with Crippen molar-refractivity contribution in [2.45, 2.75) is 32.1 Å². The largest absolute Gasteiger partial charge is 0.373 e. The summed E-state index contributed by atoms with van der Waals surface area (Å²) in [4.78, 5) is 33.3. The first kappa shape index (κ1) is 19.3. The highest BCUT2D eigenvalue weighted by atomic mass is 16.2. The molecule has 1 aromatic carbocycles. The molecule has 2 N–H and O–H groups in total. The molecule has 0 unspecified atom stereocenters. The number of nitrogens with zero attached hydrogens (tertiary/aromatic N) is 2. The highest BCUT2D eigenvalue weighted by Gasteiger charge is 2.29. The van der Waals surface area contributed by atoms with E-state index < -0.39 is 0 Å². The molecule has 1 amide bonds. The third kappa shape index (κ3) is 3.75. The molecule has 154 valence electrons. The average molecular weight is 410 g/mol. The Kier molecular flexibility index (Phi) is 4.87. The lowest BCUT2D eigenvalue weighted by molar-refractivity contribution is -0.117. The number of hydrogen-bond donors (Lipinski definition) is 2. The van der Waals surface area contributed by atoms with Crippen molar-refractivity contribution in [3.63, 3.8) is 0 Å². The lowest BCUT2D eigenvalue weighted by Crippen LogP contribution is -2.14. The molecule has 0 aliphatic heterocycles. The molecule has 2 aliphatic rings. The Labute approximate surface area is 180 Å². The summed E-state index contributed by atoms with van der Waals surface area (Å²) in [6.45, 7) is 0. The molecule has 0 atom stereocenters. The number of hydrogen-bond acceptors (Lipinski definition) is 5. The molecule has 1 saturated carbocycles. The first-order chi connectivity index (χ1) is 15.1. The van der Waals surface area contributed by atoms with Crippen LogP contribution in [-0.2, 0) is 11.2 Å². The van der Waals surface area contributed by atoms with Crippen LogP contribution in [0.15, 0.2) is 36.7 Å². The lowest BCUT2D eigenvalue weighted by atomic mass is 9.87. The molecule has 2 aromatic heterocycles. The van der Waals surface area contributed by atoms with Crippen LogP contribution in [0.1, 0.15) is 52.7 Å². The van der Waals surface area contributed by atoms with E-state index in [2.05, 4.69) is 32.4 Å². The molecule has 2 heterocycles. The quantitative estimate of drug-likeness (QED) is 0.639. The standard InChI is InChI=1S/C25H22N4O2/c1-26-24-21-14-27-23(29-25(31)16-9-10-16)12-20(21)17(13-28-24)11-8-15-4-2-6-19-18(15)5-3-7-22(19)30/h2,4,6,12-14,16H,3,5,7,9-10H2,1H3,(H,26,28)(H,27,29,31). The van der Waals surface area contributed by atoms with E-state index in [0.717, 1.165) is 58.7 Å². The molecule has 6 heteroatoms. The maximum absolute atomic E-state index is 12.2. The van der Waals surface area contributed by atoms with Gasteiger partial charge in [0.2, 0.25) is 5.91 Å². The van der Waals surface area contributed by atoms with Crippen molar-refractivity contribution >= 4 is 34.1 Å². The number of fused-ring (bicyclic) bond motifs is 2. The number of pyridine rings is 2. The summed E-state index contributed by atoms with van der Waals surface area (Å²) < 4.78 is 0. The number of nitrogens with one attached hydrogen (secondary N) is 2. The molecule has 0 bridgehead atoms. The number of amides is 1. The maximum Gasteiger partial charge on any atom is 0.228 e. The maximum atomic E-state index is 12.2. The number of rotatable bonds is 3. The summed E-state index contributed by atoms with van der Waals surface area (Å²) in [5.74, 6) is 8.04. The van der Waals surface area contributed by atoms with Crippen LogP contribution in [0.5, 0.6) is 0 Å². The molecular weight excluding hydrogens is 388 g/mol. The van der Waals surface area contributed by atoms with Crippen molar-refractivity contribution in [1.29, 1.82) is 0 Å². The molecule has 31 heavy (non-hydrogen) atoms. The van der Waals surface area contributed by atoms with Crippen molar-refractivity contribution in [1.82, 2.24) is 9.97 Å². The summed E-state index contributed by atoms with van der Waals surface area (Å²) in [7, 11) is 1.81. The van der Waals surface area contributed by atoms with E-state index in [9.17, 15) is 9.59 Å². The number of benzene rings is 1. The summed E-state index contributed by atoms with van der Waals surface area (Å²) in [6.07, 6.45) is 7.65. The Balaban J connectivity index is 1.57. The first-order valence-electron chi connectivity index (χ1n) is 10.6. The van der Waals surface area contributed by atoms with Gasteiger partial charge in [0.15, 0.2) is 5.78 Å². The van der Waals surface area contributed by atoms with E-state index >= 15 is 0 Å². The second-order valence-corrected chi connectivity index (χ2v) is 8.01. The fourth-order valence-corrected chi connectivity index (χ4v) is 4.01. The Morgan fingerprint density at radius 3 is 2.71 bits per heavy atom. The molecular formula is C25H22N4O2. The predicted molar refractivity (Wildman–Crippen MR) is 120 cm³/mol. The number of Topliss-reactive ketones (excluding diaryl/α,β-unsaturated/α-hetero) is 1. The molecule has 3 aromatic rings. The number of anilines is 2. The fraction of sp³-hybridized carbons (Fsp3) is 0.280. The zero-order chi connectivity index (χ0) is 21.4. The van der Waals surface area contributed by atoms with Crippen molar-refractivity contribution in [3.05, 3.63) is 58.9 Å². The number of carbonyl (C=O) groups excluding carboxylic acids is 2. The number of ketones is 1. The van der Waals surface area contributed by atoms with Crippen LogP contribution in [-0.4, -0.2) is 28.7 Å². The van der Waals surface area contributed by atoms with Gasteiger partial charge in [0, 0.05) is 53.7 Å². The van der Waals surface area contributed by atoms with Crippen LogP contribution in [0.2, 0.25) is 0 Å². The second kappa shape index (κ2) is 7.84. The zero-order valence-electron chi connectivity index (χ0n) is 17.3. The summed E-state index contributed by atoms with van der Waals surface area (Å²) in [5.41, 5.74) is 3.46. The fourth-order valence-electron chi connectivity index (χ4n) is 4.01. The topological polar surface area (TPSA) is 84.0 Å². The Morgan fingerprint density at radius 2 is 1.90 bits per heavy atom. The van der Waals surface area contributed by atoms with E-state index in [1.165, 1.54) is 0 Å². The van der Waals surface area contributed by atoms with Gasteiger partial charge in [-0.05, 0) is 43.4 Å². The van der Waals surface area contributed by atoms with Gasteiger partial charge in [-0.25, -0.2) is 9.97 Å². The van der Waals surface area contributed by atoms with Gasteiger partial charge in [-0.2, -0.15) is 0 Å². The smallest absolute Gasteiger partial charge is 0.228 e. The molecule has 0 saturated heterocycles. The van der Waals surface area contributed by atoms with E-state index in [1.54, 1.807) is 12.4 Å². The van der Waals surface area contributed by atoms with Crippen molar-refractivity contribution < 1.29 is 9.59 Å². The van der Waals surface area contributed by atoms with E-state index in [4.69, 9.17) is 0 Å². The number of aromatic nitrogens is 2. The number of carbonyl (C=O) groups is 2. The Morgan fingerprint density at radius 1 is 1.06 bits per heavy atom. The minimum absolute atomic E-state index is 0.0166. The summed E-state index contributed by atoms with van der Waals surface area (Å²) in [5, 5.41) is 7.69. The average Bonchev–Trinajstić information content (AvgIpc) is 3.63.